The highest BCUT2D eigenvalue weighted by Crippen LogP contribution is 2.38. The number of benzene rings is 4. The molecule has 1 nitrogen and oxygen atoms in total. The van der Waals surface area contributed by atoms with Gasteiger partial charge in [0.2, 0.25) is 0 Å². The van der Waals surface area contributed by atoms with Crippen molar-refractivity contribution in [1.29, 1.82) is 0 Å². The summed E-state index contributed by atoms with van der Waals surface area (Å²) in [6, 6.07) is 28.5. The van der Waals surface area contributed by atoms with Crippen molar-refractivity contribution in [3.8, 4) is 22.3 Å². The Labute approximate surface area is 182 Å². The summed E-state index contributed by atoms with van der Waals surface area (Å²) in [5.41, 5.74) is 9.56. The third-order valence-corrected chi connectivity index (χ3v) is 6.22. The summed E-state index contributed by atoms with van der Waals surface area (Å²) in [4.78, 5) is 14.4. The van der Waals surface area contributed by atoms with Crippen molar-refractivity contribution in [3.05, 3.63) is 118 Å². The predicted molar refractivity (Wildman–Crippen MR) is 127 cm³/mol. The summed E-state index contributed by atoms with van der Waals surface area (Å²) < 4.78 is 0. The third kappa shape index (κ3) is 2.92. The van der Waals surface area contributed by atoms with Gasteiger partial charge in [0.25, 0.3) is 0 Å². The Balaban J connectivity index is 1.73. The topological polar surface area (TPSA) is 17.1 Å². The van der Waals surface area contributed by atoms with Crippen molar-refractivity contribution >= 4 is 22.9 Å². The number of aryl methyl sites for hydroxylation is 2. The summed E-state index contributed by atoms with van der Waals surface area (Å²) in [5, 5.41) is 0. The molecule has 0 aliphatic heterocycles. The first-order valence-corrected chi connectivity index (χ1v) is 10.4. The third-order valence-electron chi connectivity index (χ3n) is 5.80. The fourth-order valence-corrected chi connectivity index (χ4v) is 4.58. The second kappa shape index (κ2) is 7.16. The lowest BCUT2D eigenvalue weighted by Crippen LogP contribution is -2.22. The van der Waals surface area contributed by atoms with Gasteiger partial charge in [0.15, 0.2) is 5.78 Å². The average Bonchev–Trinajstić information content (AvgIpc) is 2.77. The van der Waals surface area contributed by atoms with E-state index in [4.69, 9.17) is 12.2 Å². The van der Waals surface area contributed by atoms with Gasteiger partial charge in [0.1, 0.15) is 0 Å². The van der Waals surface area contributed by atoms with E-state index in [0.717, 1.165) is 38.2 Å². The zero-order chi connectivity index (χ0) is 20.8. The van der Waals surface area contributed by atoms with Crippen LogP contribution < -0.4 is 0 Å². The van der Waals surface area contributed by atoms with Gasteiger partial charge in [0, 0.05) is 22.3 Å². The van der Waals surface area contributed by atoms with E-state index < -0.39 is 0 Å². The highest BCUT2D eigenvalue weighted by atomic mass is 32.1. The average molecular weight is 405 g/mol. The fourth-order valence-electron chi connectivity index (χ4n) is 4.19. The highest BCUT2D eigenvalue weighted by molar-refractivity contribution is 7.81. The molecule has 0 saturated carbocycles. The molecule has 1 aliphatic rings. The van der Waals surface area contributed by atoms with Crippen molar-refractivity contribution in [2.24, 2.45) is 0 Å². The lowest BCUT2D eigenvalue weighted by Gasteiger charge is -2.24. The molecule has 0 radical (unpaired) electrons. The van der Waals surface area contributed by atoms with Gasteiger partial charge in [-0.3, -0.25) is 4.79 Å². The number of rotatable bonds is 2. The van der Waals surface area contributed by atoms with Gasteiger partial charge in [-0.2, -0.15) is 0 Å². The molecule has 1 aliphatic carbocycles. The van der Waals surface area contributed by atoms with Gasteiger partial charge in [-0.1, -0.05) is 108 Å². The molecule has 0 fully saturated rings. The number of hydrogen-bond acceptors (Lipinski definition) is 2. The van der Waals surface area contributed by atoms with Crippen LogP contribution in [0.2, 0.25) is 0 Å². The molecule has 4 aromatic carbocycles. The predicted octanol–water partition coefficient (Wildman–Crippen LogP) is 6.95. The number of carbonyl (C=O) groups excluding carboxylic acids is 1. The van der Waals surface area contributed by atoms with Crippen molar-refractivity contribution in [1.82, 2.24) is 0 Å². The molecule has 144 valence electrons. The van der Waals surface area contributed by atoms with Crippen molar-refractivity contribution < 1.29 is 4.79 Å². The molecule has 0 bridgehead atoms. The maximum absolute atomic E-state index is 13.7. The monoisotopic (exact) mass is 404 g/mol. The molecule has 2 heteroatoms. The number of carbonyl (C=O) groups is 1. The SMILES string of the molecule is Cc1ccc(-c2cccc3c2C(=O)c2cccc(-c4ccc(C)cc4)c2C3=S)cc1. The van der Waals surface area contributed by atoms with E-state index in [1.165, 1.54) is 11.1 Å². The van der Waals surface area contributed by atoms with Crippen LogP contribution in [0.15, 0.2) is 84.9 Å². The first-order valence-electron chi connectivity index (χ1n) is 10.0. The first kappa shape index (κ1) is 18.7. The van der Waals surface area contributed by atoms with Crippen LogP contribution in [-0.2, 0) is 0 Å². The van der Waals surface area contributed by atoms with E-state index in [-0.39, 0.29) is 5.78 Å². The largest absolute Gasteiger partial charge is 0.289 e. The Morgan fingerprint density at radius 1 is 0.533 bits per heavy atom. The molecule has 0 unspecified atom stereocenters. The maximum Gasteiger partial charge on any atom is 0.194 e. The molecule has 0 saturated heterocycles. The van der Waals surface area contributed by atoms with Crippen molar-refractivity contribution in [3.63, 3.8) is 0 Å². The van der Waals surface area contributed by atoms with Gasteiger partial charge < -0.3 is 0 Å². The molecule has 30 heavy (non-hydrogen) atoms. The minimum Gasteiger partial charge on any atom is -0.289 e. The lowest BCUT2D eigenvalue weighted by atomic mass is 9.78. The van der Waals surface area contributed by atoms with E-state index in [9.17, 15) is 4.79 Å². The zero-order valence-electron chi connectivity index (χ0n) is 16.9. The van der Waals surface area contributed by atoms with Crippen LogP contribution in [0.4, 0.5) is 0 Å². The van der Waals surface area contributed by atoms with Gasteiger partial charge in [-0.05, 0) is 36.1 Å². The summed E-state index contributed by atoms with van der Waals surface area (Å²) >= 11 is 5.96. The van der Waals surface area contributed by atoms with Crippen LogP contribution in [0.1, 0.15) is 38.2 Å². The van der Waals surface area contributed by atoms with Crippen molar-refractivity contribution in [2.45, 2.75) is 13.8 Å². The van der Waals surface area contributed by atoms with Crippen LogP contribution in [-0.4, -0.2) is 10.6 Å². The molecule has 0 amide bonds. The lowest BCUT2D eigenvalue weighted by molar-refractivity contribution is 0.103. The summed E-state index contributed by atoms with van der Waals surface area (Å²) in [6.07, 6.45) is 0. The van der Waals surface area contributed by atoms with E-state index in [1.54, 1.807) is 0 Å². The van der Waals surface area contributed by atoms with E-state index in [0.29, 0.717) is 11.1 Å². The Morgan fingerprint density at radius 2 is 0.967 bits per heavy atom. The van der Waals surface area contributed by atoms with Crippen LogP contribution in [0.3, 0.4) is 0 Å². The Morgan fingerprint density at radius 3 is 1.50 bits per heavy atom. The van der Waals surface area contributed by atoms with E-state index >= 15 is 0 Å². The van der Waals surface area contributed by atoms with Gasteiger partial charge in [-0.25, -0.2) is 0 Å². The second-order valence-corrected chi connectivity index (χ2v) is 8.25. The Kier molecular flexibility index (Phi) is 4.45. The molecule has 4 aromatic rings. The smallest absolute Gasteiger partial charge is 0.194 e. The second-order valence-electron chi connectivity index (χ2n) is 7.85. The first-order chi connectivity index (χ1) is 14.5. The van der Waals surface area contributed by atoms with Crippen LogP contribution >= 0.6 is 12.2 Å². The summed E-state index contributed by atoms with van der Waals surface area (Å²) in [5.74, 6) is 0.0405. The molecule has 0 spiro atoms. The normalized spacial score (nSPS) is 12.5. The molecule has 0 heterocycles. The standard InChI is InChI=1S/C28H20OS/c1-17-9-13-19(14-10-17)21-5-4-8-24-25(21)27(29)23-7-3-6-22(26(23)28(24)30)20-15-11-18(2)12-16-20/h3-16H,1-2H3. The summed E-state index contributed by atoms with van der Waals surface area (Å²) in [7, 11) is 0. The molecular weight excluding hydrogens is 384 g/mol. The Hall–Kier alpha value is -3.36. The Bertz CT molecular complexity index is 1210. The fraction of sp³-hybridized carbons (Fsp3) is 0.0714. The number of hydrogen-bond donors (Lipinski definition) is 0. The number of ketones is 1. The molecule has 0 N–H and O–H groups in total. The van der Waals surface area contributed by atoms with Gasteiger partial charge in [0.05, 0.1) is 4.86 Å². The maximum atomic E-state index is 13.7. The van der Waals surface area contributed by atoms with E-state index in [1.807, 2.05) is 30.3 Å². The molecule has 0 aromatic heterocycles. The van der Waals surface area contributed by atoms with Gasteiger partial charge >= 0.3 is 0 Å². The summed E-state index contributed by atoms with van der Waals surface area (Å²) in [6.45, 7) is 4.13. The highest BCUT2D eigenvalue weighted by Gasteiger charge is 2.31. The number of thiocarbonyl (C=S) groups is 1. The quantitative estimate of drug-likeness (QED) is 0.296. The van der Waals surface area contributed by atoms with Crippen LogP contribution in [0.25, 0.3) is 22.3 Å². The molecule has 5 rings (SSSR count). The zero-order valence-corrected chi connectivity index (χ0v) is 17.7. The molecule has 0 atom stereocenters. The van der Waals surface area contributed by atoms with E-state index in [2.05, 4.69) is 68.4 Å². The number of fused-ring (bicyclic) bond motifs is 2. The molecular formula is C28H20OS. The minimum atomic E-state index is 0.0405. The van der Waals surface area contributed by atoms with Crippen LogP contribution in [0, 0.1) is 13.8 Å². The minimum absolute atomic E-state index is 0.0405. The van der Waals surface area contributed by atoms with Gasteiger partial charge in [-0.15, -0.1) is 0 Å². The van der Waals surface area contributed by atoms with Crippen molar-refractivity contribution in [2.75, 3.05) is 0 Å². The van der Waals surface area contributed by atoms with Crippen LogP contribution in [0.5, 0.6) is 0 Å².